The zero-order valence-corrected chi connectivity index (χ0v) is 21.3. The second-order valence-corrected chi connectivity index (χ2v) is 0. The van der Waals surface area contributed by atoms with Crippen molar-refractivity contribution in [2.45, 2.75) is 0 Å². The fourth-order valence-electron chi connectivity index (χ4n) is 0. The molecule has 0 spiro atoms. The Morgan fingerprint density at radius 3 is 1.00 bits per heavy atom. The van der Waals surface area contributed by atoms with Crippen LogP contribution in [0.5, 0.6) is 0 Å². The van der Waals surface area contributed by atoms with Crippen molar-refractivity contribution >= 4 is 227 Å². The fraction of sp³-hybridized carbons (Fsp3) is 0. The molecule has 5 heavy (non-hydrogen) atoms. The molecule has 0 atom stereocenters. The molecule has 0 bridgehead atoms. The van der Waals surface area contributed by atoms with Crippen LogP contribution in [-0.4, -0.2) is 227 Å². The van der Waals surface area contributed by atoms with Gasteiger partial charge in [-0.15, -0.1) is 0 Å². The molecule has 0 aromatic rings. The maximum atomic E-state index is 0. The SMILES string of the molecule is [Cs].[K].[Li].[Na].[Rb]. The molecule has 0 saturated carbocycles. The quantitative estimate of drug-likeness (QED) is 0.457. The number of rotatable bonds is 0. The average Bonchev–Trinajstić information content (AvgIpc) is 0. The van der Waals surface area contributed by atoms with Gasteiger partial charge in [-0.2, -0.15) is 0 Å². The van der Waals surface area contributed by atoms with E-state index in [9.17, 15) is 0 Å². The molecule has 0 aliphatic heterocycles. The van der Waals surface area contributed by atoms with Crippen LogP contribution in [0.15, 0.2) is 0 Å². The van der Waals surface area contributed by atoms with Crippen molar-refractivity contribution in [3.8, 4) is 0 Å². The van der Waals surface area contributed by atoms with Gasteiger partial charge in [0.2, 0.25) is 0 Å². The summed E-state index contributed by atoms with van der Waals surface area (Å²) >= 11 is 0. The van der Waals surface area contributed by atoms with E-state index in [0.29, 0.717) is 0 Å². The van der Waals surface area contributed by atoms with Gasteiger partial charge in [-0.05, 0) is 0 Å². The van der Waals surface area contributed by atoms with Gasteiger partial charge >= 0.3 is 0 Å². The molecule has 0 aliphatic rings. The van der Waals surface area contributed by atoms with E-state index in [0.717, 1.165) is 0 Å². The zero-order valence-electron chi connectivity index (χ0n) is 5.00. The van der Waals surface area contributed by atoms with Crippen molar-refractivity contribution in [3.05, 3.63) is 0 Å². The van der Waals surface area contributed by atoms with Gasteiger partial charge in [0.1, 0.15) is 0 Å². The minimum atomic E-state index is 0. The van der Waals surface area contributed by atoms with Gasteiger partial charge in [0, 0.05) is 227 Å². The second kappa shape index (κ2) is 22.5. The first kappa shape index (κ1) is 29.6. The van der Waals surface area contributed by atoms with Crippen molar-refractivity contribution in [1.82, 2.24) is 0 Å². The molecule has 5 radical (unpaired) electrons. The summed E-state index contributed by atoms with van der Waals surface area (Å²) in [6.45, 7) is 0. The molecule has 0 saturated heterocycles. The molecule has 0 aliphatic carbocycles. The van der Waals surface area contributed by atoms with Crippen LogP contribution in [0.25, 0.3) is 0 Å². The largest absolute Gasteiger partial charge is 0 e. The number of hydrogen-bond acceptors (Lipinski definition) is 0. The van der Waals surface area contributed by atoms with Crippen LogP contribution >= 0.6 is 0 Å². The maximum Gasteiger partial charge on any atom is 0 e. The van der Waals surface area contributed by atoms with E-state index in [2.05, 4.69) is 0 Å². The van der Waals surface area contributed by atoms with E-state index in [-0.39, 0.29) is 227 Å². The van der Waals surface area contributed by atoms with Gasteiger partial charge in [-0.3, -0.25) is 0 Å². The molecule has 0 fully saturated rings. The molecule has 5 heteroatoms. The second-order valence-electron chi connectivity index (χ2n) is 0. The Labute approximate surface area is 218 Å². The van der Waals surface area contributed by atoms with Crippen LogP contribution in [0.2, 0.25) is 0 Å². The summed E-state index contributed by atoms with van der Waals surface area (Å²) < 4.78 is 0. The average molecular weight is 287 g/mol. The Morgan fingerprint density at radius 1 is 1.00 bits per heavy atom. The minimum absolute atomic E-state index is 0. The van der Waals surface area contributed by atoms with Crippen molar-refractivity contribution in [2.75, 3.05) is 0 Å². The Balaban J connectivity index is 0. The Morgan fingerprint density at radius 2 is 1.00 bits per heavy atom. The number of hydrogen-bond donors (Lipinski definition) is 0. The third kappa shape index (κ3) is 18.2. The molecule has 0 aromatic heterocycles. The standard InChI is InChI=1S/Cs.K.Li.Na.Rb. The first-order valence-electron chi connectivity index (χ1n) is 0. The molecular weight excluding hydrogens is 287 g/mol. The third-order valence-electron chi connectivity index (χ3n) is 0. The first-order chi connectivity index (χ1) is 0. The van der Waals surface area contributed by atoms with Crippen LogP contribution in [0.1, 0.15) is 0 Å². The summed E-state index contributed by atoms with van der Waals surface area (Å²) in [6, 6.07) is 0. The first-order valence-corrected chi connectivity index (χ1v) is 0. The molecule has 0 amide bonds. The summed E-state index contributed by atoms with van der Waals surface area (Å²) in [6.07, 6.45) is 0. The zero-order chi connectivity index (χ0) is 0. The Bertz CT molecular complexity index is 11.6. The predicted molar refractivity (Wildman–Crippen MR) is 28.8 cm³/mol. The van der Waals surface area contributed by atoms with Crippen LogP contribution < -0.4 is 0 Å². The summed E-state index contributed by atoms with van der Waals surface area (Å²) in [5, 5.41) is 0. The van der Waals surface area contributed by atoms with Crippen LogP contribution in [-0.2, 0) is 0 Å². The minimum Gasteiger partial charge on any atom is 0 e. The molecule has 0 nitrogen and oxygen atoms in total. The van der Waals surface area contributed by atoms with Crippen molar-refractivity contribution in [2.24, 2.45) is 0 Å². The van der Waals surface area contributed by atoms with E-state index >= 15 is 0 Å². The van der Waals surface area contributed by atoms with Gasteiger partial charge < -0.3 is 0 Å². The van der Waals surface area contributed by atoms with E-state index in [4.69, 9.17) is 0 Å². The maximum absolute atomic E-state index is 0. The summed E-state index contributed by atoms with van der Waals surface area (Å²) in [4.78, 5) is 0. The molecular formula is CsKLiNaRb. The Hall–Kier alpha value is 7.09. The van der Waals surface area contributed by atoms with Gasteiger partial charge in [0.25, 0.3) is 0 Å². The van der Waals surface area contributed by atoms with E-state index in [1.165, 1.54) is 0 Å². The van der Waals surface area contributed by atoms with Gasteiger partial charge in [0.15, 0.2) is 0 Å². The summed E-state index contributed by atoms with van der Waals surface area (Å²) in [7, 11) is 0. The van der Waals surface area contributed by atoms with E-state index < -0.39 is 0 Å². The summed E-state index contributed by atoms with van der Waals surface area (Å²) in [5.41, 5.74) is 0. The predicted octanol–water partition coefficient (Wildman–Crippen LogP) is -1.90. The Kier molecular flexibility index (Phi) is 133. The van der Waals surface area contributed by atoms with Crippen molar-refractivity contribution < 1.29 is 0 Å². The molecule has 0 unspecified atom stereocenters. The molecule has 0 rings (SSSR count). The van der Waals surface area contributed by atoms with Crippen molar-refractivity contribution in [3.63, 3.8) is 0 Å². The van der Waals surface area contributed by atoms with Gasteiger partial charge in [-0.1, -0.05) is 0 Å². The van der Waals surface area contributed by atoms with Crippen LogP contribution in [0, 0.1) is 0 Å². The smallest absolute Gasteiger partial charge is 0 e. The van der Waals surface area contributed by atoms with Crippen LogP contribution in [0.3, 0.4) is 0 Å². The third-order valence-corrected chi connectivity index (χ3v) is 0. The van der Waals surface area contributed by atoms with E-state index in [1.807, 2.05) is 0 Å². The molecule has 0 N–H and O–H groups in total. The molecule has 5 valence electrons. The monoisotopic (exact) mass is 287 g/mol. The van der Waals surface area contributed by atoms with Crippen molar-refractivity contribution in [1.29, 1.82) is 0 Å². The van der Waals surface area contributed by atoms with E-state index in [1.54, 1.807) is 0 Å². The van der Waals surface area contributed by atoms with Crippen LogP contribution in [0.4, 0.5) is 0 Å². The molecule has 0 aromatic carbocycles. The fourth-order valence-corrected chi connectivity index (χ4v) is 0. The van der Waals surface area contributed by atoms with Gasteiger partial charge in [-0.25, -0.2) is 0 Å². The topological polar surface area (TPSA) is 0 Å². The molecule has 0 heterocycles. The summed E-state index contributed by atoms with van der Waals surface area (Å²) in [5.74, 6) is 0. The normalized spacial score (nSPS) is 0. The van der Waals surface area contributed by atoms with Gasteiger partial charge in [0.05, 0.1) is 0 Å².